The summed E-state index contributed by atoms with van der Waals surface area (Å²) in [6, 6.07) is 7.15. The number of nitrogens with two attached hydrogens (primary N) is 1. The maximum absolute atomic E-state index is 14.0. The Hall–Kier alpha value is -1.30. The normalized spacial score (nSPS) is 12.1. The van der Waals surface area contributed by atoms with Crippen LogP contribution in [0.1, 0.15) is 17.2 Å². The molecule has 0 aromatic heterocycles. The summed E-state index contributed by atoms with van der Waals surface area (Å²) < 4.78 is 25.1. The van der Waals surface area contributed by atoms with Gasteiger partial charge in [0.15, 0.2) is 11.5 Å². The van der Waals surface area contributed by atoms with Crippen LogP contribution in [-0.2, 0) is 0 Å². The van der Waals surface area contributed by atoms with Gasteiger partial charge in [-0.15, -0.1) is 0 Å². The first kappa shape index (κ1) is 16.1. The van der Waals surface area contributed by atoms with Gasteiger partial charge >= 0.3 is 0 Å². The fraction of sp³-hybridized carbons (Fsp3) is 0.200. The molecule has 1 unspecified atom stereocenters. The highest BCUT2D eigenvalue weighted by Gasteiger charge is 2.19. The molecule has 0 bridgehead atoms. The van der Waals surface area contributed by atoms with Crippen molar-refractivity contribution in [1.82, 2.24) is 0 Å². The molecule has 0 aliphatic heterocycles. The van der Waals surface area contributed by atoms with Crippen LogP contribution in [0.3, 0.4) is 0 Å². The molecular formula is C15H14BrClFNO2. The van der Waals surface area contributed by atoms with Crippen LogP contribution in [0.25, 0.3) is 0 Å². The van der Waals surface area contributed by atoms with Crippen molar-refractivity contribution in [2.24, 2.45) is 5.73 Å². The summed E-state index contributed by atoms with van der Waals surface area (Å²) in [4.78, 5) is 0. The van der Waals surface area contributed by atoms with Gasteiger partial charge in [-0.2, -0.15) is 0 Å². The second kappa shape index (κ2) is 6.64. The molecule has 0 aliphatic carbocycles. The SMILES string of the molecule is COc1cc(Cl)c(C(N)c2cc(Br)ccc2F)cc1OC. The van der Waals surface area contributed by atoms with Crippen LogP contribution in [0.5, 0.6) is 11.5 Å². The van der Waals surface area contributed by atoms with Crippen LogP contribution in [0.2, 0.25) is 5.02 Å². The minimum absolute atomic E-state index is 0.346. The molecule has 0 spiro atoms. The Bertz CT molecular complexity index is 666. The van der Waals surface area contributed by atoms with Gasteiger partial charge in [0, 0.05) is 21.1 Å². The topological polar surface area (TPSA) is 44.5 Å². The predicted octanol–water partition coefficient (Wildman–Crippen LogP) is 4.31. The highest BCUT2D eigenvalue weighted by Crippen LogP contribution is 2.37. The van der Waals surface area contributed by atoms with Crippen molar-refractivity contribution >= 4 is 27.5 Å². The summed E-state index contributed by atoms with van der Waals surface area (Å²) in [7, 11) is 3.03. The first-order valence-corrected chi connectivity index (χ1v) is 7.27. The van der Waals surface area contributed by atoms with Gasteiger partial charge in [-0.25, -0.2) is 4.39 Å². The number of hydrogen-bond donors (Lipinski definition) is 1. The summed E-state index contributed by atoms with van der Waals surface area (Å²) >= 11 is 9.53. The lowest BCUT2D eigenvalue weighted by Gasteiger charge is -2.18. The van der Waals surface area contributed by atoms with E-state index in [-0.39, 0.29) is 0 Å². The van der Waals surface area contributed by atoms with Crippen molar-refractivity contribution in [3.05, 3.63) is 56.8 Å². The van der Waals surface area contributed by atoms with E-state index in [1.54, 1.807) is 24.3 Å². The molecule has 0 fully saturated rings. The summed E-state index contributed by atoms with van der Waals surface area (Å²) in [6.07, 6.45) is 0. The Morgan fingerprint density at radius 2 is 1.71 bits per heavy atom. The van der Waals surface area contributed by atoms with E-state index in [9.17, 15) is 4.39 Å². The molecule has 2 aromatic carbocycles. The summed E-state index contributed by atoms with van der Waals surface area (Å²) in [6.45, 7) is 0. The molecule has 3 nitrogen and oxygen atoms in total. The van der Waals surface area contributed by atoms with Crippen molar-refractivity contribution in [2.45, 2.75) is 6.04 Å². The Labute approximate surface area is 135 Å². The van der Waals surface area contributed by atoms with Crippen molar-refractivity contribution in [3.8, 4) is 11.5 Å². The van der Waals surface area contributed by atoms with Crippen LogP contribution >= 0.6 is 27.5 Å². The van der Waals surface area contributed by atoms with Gasteiger partial charge in [-0.3, -0.25) is 0 Å². The third-order valence-electron chi connectivity index (χ3n) is 3.13. The predicted molar refractivity (Wildman–Crippen MR) is 84.7 cm³/mol. The average Bonchev–Trinajstić information content (AvgIpc) is 2.48. The lowest BCUT2D eigenvalue weighted by Crippen LogP contribution is -2.14. The maximum atomic E-state index is 14.0. The fourth-order valence-electron chi connectivity index (χ4n) is 2.03. The highest BCUT2D eigenvalue weighted by molar-refractivity contribution is 9.10. The monoisotopic (exact) mass is 373 g/mol. The van der Waals surface area contributed by atoms with E-state index in [0.29, 0.717) is 27.6 Å². The molecule has 0 amide bonds. The highest BCUT2D eigenvalue weighted by atomic mass is 79.9. The number of rotatable bonds is 4. The third-order valence-corrected chi connectivity index (χ3v) is 3.95. The van der Waals surface area contributed by atoms with Crippen molar-refractivity contribution in [2.75, 3.05) is 14.2 Å². The Morgan fingerprint density at radius 3 is 2.33 bits per heavy atom. The minimum atomic E-state index is -0.713. The molecule has 112 valence electrons. The van der Waals surface area contributed by atoms with Gasteiger partial charge in [0.05, 0.1) is 20.3 Å². The number of halogens is 3. The molecule has 1 atom stereocenters. The zero-order chi connectivity index (χ0) is 15.6. The molecule has 0 saturated heterocycles. The van der Waals surface area contributed by atoms with Gasteiger partial charge in [0.1, 0.15) is 5.82 Å². The second-order valence-electron chi connectivity index (χ2n) is 4.37. The van der Waals surface area contributed by atoms with Gasteiger partial charge in [0.2, 0.25) is 0 Å². The molecule has 0 heterocycles. The van der Waals surface area contributed by atoms with E-state index in [2.05, 4.69) is 15.9 Å². The Morgan fingerprint density at radius 1 is 1.10 bits per heavy atom. The summed E-state index contributed by atoms with van der Waals surface area (Å²) in [5.41, 5.74) is 7.07. The van der Waals surface area contributed by atoms with E-state index < -0.39 is 11.9 Å². The van der Waals surface area contributed by atoms with Crippen LogP contribution in [-0.4, -0.2) is 14.2 Å². The summed E-state index contributed by atoms with van der Waals surface area (Å²) in [5, 5.41) is 0.388. The van der Waals surface area contributed by atoms with Crippen molar-refractivity contribution in [3.63, 3.8) is 0 Å². The zero-order valence-corrected chi connectivity index (χ0v) is 13.8. The van der Waals surface area contributed by atoms with Crippen molar-refractivity contribution < 1.29 is 13.9 Å². The Balaban J connectivity index is 2.52. The largest absolute Gasteiger partial charge is 0.493 e. The van der Waals surface area contributed by atoms with Crippen molar-refractivity contribution in [1.29, 1.82) is 0 Å². The van der Waals surface area contributed by atoms with E-state index in [1.165, 1.54) is 20.3 Å². The molecule has 0 radical (unpaired) electrons. The number of methoxy groups -OCH3 is 2. The molecule has 6 heteroatoms. The van der Waals surface area contributed by atoms with Gasteiger partial charge in [-0.1, -0.05) is 27.5 Å². The number of hydrogen-bond acceptors (Lipinski definition) is 3. The molecular weight excluding hydrogens is 361 g/mol. The first-order valence-electron chi connectivity index (χ1n) is 6.10. The molecule has 2 rings (SSSR count). The van der Waals surface area contributed by atoms with E-state index >= 15 is 0 Å². The molecule has 2 N–H and O–H groups in total. The molecule has 0 saturated carbocycles. The number of ether oxygens (including phenoxy) is 2. The average molecular weight is 375 g/mol. The molecule has 2 aromatic rings. The standard InChI is InChI=1S/C15H14BrClFNO2/c1-20-13-6-9(11(17)7-14(13)21-2)15(19)10-5-8(16)3-4-12(10)18/h3-7,15H,19H2,1-2H3. The van der Waals surface area contributed by atoms with Gasteiger partial charge in [-0.05, 0) is 29.8 Å². The van der Waals surface area contributed by atoms with Gasteiger partial charge in [0.25, 0.3) is 0 Å². The van der Waals surface area contributed by atoms with Crippen LogP contribution in [0.4, 0.5) is 4.39 Å². The van der Waals surface area contributed by atoms with Crippen LogP contribution in [0.15, 0.2) is 34.8 Å². The summed E-state index contributed by atoms with van der Waals surface area (Å²) in [5.74, 6) is 0.590. The zero-order valence-electron chi connectivity index (χ0n) is 11.5. The quantitative estimate of drug-likeness (QED) is 0.867. The first-order chi connectivity index (χ1) is 9.97. The van der Waals surface area contributed by atoms with E-state index in [1.807, 2.05) is 0 Å². The smallest absolute Gasteiger partial charge is 0.162 e. The molecule has 21 heavy (non-hydrogen) atoms. The van der Waals surface area contributed by atoms with Crippen LogP contribution in [0, 0.1) is 5.82 Å². The maximum Gasteiger partial charge on any atom is 0.162 e. The minimum Gasteiger partial charge on any atom is -0.493 e. The lowest BCUT2D eigenvalue weighted by atomic mass is 9.98. The van der Waals surface area contributed by atoms with Crippen LogP contribution < -0.4 is 15.2 Å². The number of benzene rings is 2. The third kappa shape index (κ3) is 3.31. The Kier molecular flexibility index (Phi) is 5.08. The fourth-order valence-corrected chi connectivity index (χ4v) is 2.68. The van der Waals surface area contributed by atoms with E-state index in [4.69, 9.17) is 26.8 Å². The van der Waals surface area contributed by atoms with E-state index in [0.717, 1.165) is 4.47 Å². The van der Waals surface area contributed by atoms with Gasteiger partial charge < -0.3 is 15.2 Å². The lowest BCUT2D eigenvalue weighted by molar-refractivity contribution is 0.354. The molecule has 0 aliphatic rings. The second-order valence-corrected chi connectivity index (χ2v) is 5.70.